The van der Waals surface area contributed by atoms with Crippen LogP contribution in [0, 0.1) is 0 Å². The number of nitrogens with one attached hydrogen (secondary N) is 2. The normalized spacial score (nSPS) is 15.6. The van der Waals surface area contributed by atoms with E-state index in [1.54, 1.807) is 7.05 Å². The fraction of sp³-hybridized carbons (Fsp3) is 0.579. The predicted molar refractivity (Wildman–Crippen MR) is 104 cm³/mol. The van der Waals surface area contributed by atoms with Crippen molar-refractivity contribution in [3.05, 3.63) is 38.7 Å². The number of aromatic nitrogens is 3. The number of aryl methyl sites for hydroxylation is 1. The van der Waals surface area contributed by atoms with Crippen molar-refractivity contribution in [2.75, 3.05) is 13.1 Å². The van der Waals surface area contributed by atoms with Gasteiger partial charge in [-0.1, -0.05) is 25.7 Å². The first-order valence-corrected chi connectivity index (χ1v) is 9.56. The molecule has 146 valence electrons. The molecule has 2 aromatic rings. The minimum Gasteiger partial charge on any atom is -0.351 e. The van der Waals surface area contributed by atoms with Crippen molar-refractivity contribution in [3.8, 4) is 0 Å². The molecule has 2 N–H and O–H groups in total. The molecular weight excluding hydrogens is 346 g/mol. The van der Waals surface area contributed by atoms with Crippen LogP contribution in [0.3, 0.4) is 0 Å². The van der Waals surface area contributed by atoms with Crippen molar-refractivity contribution in [2.45, 2.75) is 44.6 Å². The molecular formula is C19H27N5O3. The number of rotatable bonds is 5. The minimum atomic E-state index is -0.453. The Morgan fingerprint density at radius 3 is 2.52 bits per heavy atom. The molecule has 3 rings (SSSR count). The first-order valence-electron chi connectivity index (χ1n) is 9.56. The highest BCUT2D eigenvalue weighted by atomic mass is 16.2. The number of hydrogen-bond donors (Lipinski definition) is 2. The van der Waals surface area contributed by atoms with Gasteiger partial charge in [0.1, 0.15) is 5.65 Å². The van der Waals surface area contributed by atoms with Crippen molar-refractivity contribution in [1.29, 1.82) is 0 Å². The molecule has 0 spiro atoms. The maximum atomic E-state index is 12.4. The van der Waals surface area contributed by atoms with E-state index in [1.165, 1.54) is 62.4 Å². The molecule has 2 aromatic heterocycles. The molecule has 0 aliphatic heterocycles. The largest absolute Gasteiger partial charge is 0.351 e. The Morgan fingerprint density at radius 2 is 1.81 bits per heavy atom. The summed E-state index contributed by atoms with van der Waals surface area (Å²) in [6.45, 7) is 1.23. The lowest BCUT2D eigenvalue weighted by Crippen LogP contribution is -2.38. The van der Waals surface area contributed by atoms with E-state index in [-0.39, 0.29) is 16.9 Å². The van der Waals surface area contributed by atoms with E-state index in [0.29, 0.717) is 24.7 Å². The second-order valence-corrected chi connectivity index (χ2v) is 7.20. The number of amides is 1. The number of nitrogens with zero attached hydrogens (tertiary/aromatic N) is 3. The van der Waals surface area contributed by atoms with Gasteiger partial charge in [-0.3, -0.25) is 18.7 Å². The summed E-state index contributed by atoms with van der Waals surface area (Å²) in [5, 5.41) is 6.62. The third kappa shape index (κ3) is 4.27. The fourth-order valence-corrected chi connectivity index (χ4v) is 3.63. The topological polar surface area (TPSA) is 98.0 Å². The Hall–Kier alpha value is -2.48. The molecule has 1 amide bonds. The second kappa shape index (κ2) is 8.47. The number of hydrogen-bond acceptors (Lipinski definition) is 5. The van der Waals surface area contributed by atoms with E-state index < -0.39 is 11.2 Å². The van der Waals surface area contributed by atoms with E-state index >= 15 is 0 Å². The minimum absolute atomic E-state index is 0.254. The molecule has 1 fully saturated rings. The number of carbonyl (C=O) groups excluding carboxylic acids is 1. The van der Waals surface area contributed by atoms with Crippen LogP contribution >= 0.6 is 0 Å². The van der Waals surface area contributed by atoms with Gasteiger partial charge in [-0.2, -0.15) is 0 Å². The molecule has 1 aliphatic carbocycles. The van der Waals surface area contributed by atoms with E-state index in [0.717, 1.165) is 4.57 Å². The Bertz CT molecular complexity index is 939. The van der Waals surface area contributed by atoms with E-state index in [9.17, 15) is 14.4 Å². The maximum absolute atomic E-state index is 12.4. The Labute approximate surface area is 157 Å². The Kier molecular flexibility index (Phi) is 6.05. The van der Waals surface area contributed by atoms with Crippen molar-refractivity contribution in [2.24, 2.45) is 14.1 Å². The van der Waals surface area contributed by atoms with Crippen LogP contribution in [0.4, 0.5) is 0 Å². The zero-order chi connectivity index (χ0) is 19.4. The molecule has 1 aliphatic rings. The molecule has 8 heteroatoms. The monoisotopic (exact) mass is 373 g/mol. The summed E-state index contributed by atoms with van der Waals surface area (Å²) < 4.78 is 2.32. The first kappa shape index (κ1) is 19.3. The van der Waals surface area contributed by atoms with E-state index in [4.69, 9.17) is 0 Å². The van der Waals surface area contributed by atoms with Gasteiger partial charge in [0.15, 0.2) is 0 Å². The molecule has 8 nitrogen and oxygen atoms in total. The zero-order valence-electron chi connectivity index (χ0n) is 16.0. The summed E-state index contributed by atoms with van der Waals surface area (Å²) in [4.78, 5) is 40.8. The van der Waals surface area contributed by atoms with Gasteiger partial charge in [0.2, 0.25) is 0 Å². The third-order valence-corrected chi connectivity index (χ3v) is 5.25. The lowest BCUT2D eigenvalue weighted by molar-refractivity contribution is 0.0953. The summed E-state index contributed by atoms with van der Waals surface area (Å²) in [5.74, 6) is -0.275. The SMILES string of the molecule is Cn1c(=O)c2cc(C(=O)NCCNC3CCCCCC3)cnc2n(C)c1=O. The van der Waals surface area contributed by atoms with Crippen molar-refractivity contribution >= 4 is 16.9 Å². The average molecular weight is 373 g/mol. The smallest absolute Gasteiger partial charge is 0.332 e. The molecule has 27 heavy (non-hydrogen) atoms. The lowest BCUT2D eigenvalue weighted by atomic mass is 10.1. The second-order valence-electron chi connectivity index (χ2n) is 7.20. The van der Waals surface area contributed by atoms with Crippen molar-refractivity contribution < 1.29 is 4.79 Å². The zero-order valence-corrected chi connectivity index (χ0v) is 16.0. The average Bonchev–Trinajstić information content (AvgIpc) is 2.96. The van der Waals surface area contributed by atoms with Crippen LogP contribution < -0.4 is 21.9 Å². The molecule has 0 bridgehead atoms. The maximum Gasteiger partial charge on any atom is 0.332 e. The summed E-state index contributed by atoms with van der Waals surface area (Å²) >= 11 is 0. The van der Waals surface area contributed by atoms with Gasteiger partial charge < -0.3 is 10.6 Å². The summed E-state index contributed by atoms with van der Waals surface area (Å²) in [6.07, 6.45) is 8.96. The molecule has 1 saturated carbocycles. The molecule has 0 saturated heterocycles. The molecule has 2 heterocycles. The Balaban J connectivity index is 1.64. The highest BCUT2D eigenvalue weighted by Crippen LogP contribution is 2.16. The number of carbonyl (C=O) groups is 1. The van der Waals surface area contributed by atoms with Crippen LogP contribution in [0.1, 0.15) is 48.9 Å². The summed E-state index contributed by atoms with van der Waals surface area (Å²) in [6, 6.07) is 2.04. The lowest BCUT2D eigenvalue weighted by Gasteiger charge is -2.16. The summed E-state index contributed by atoms with van der Waals surface area (Å²) in [5.41, 5.74) is -0.311. The Morgan fingerprint density at radius 1 is 1.11 bits per heavy atom. The highest BCUT2D eigenvalue weighted by molar-refractivity contribution is 5.96. The van der Waals surface area contributed by atoms with Gasteiger partial charge >= 0.3 is 5.69 Å². The van der Waals surface area contributed by atoms with Gasteiger partial charge in [0, 0.05) is 39.4 Å². The number of pyridine rings is 1. The first-order chi connectivity index (χ1) is 13.0. The van der Waals surface area contributed by atoms with E-state index in [1.807, 2.05) is 0 Å². The molecule has 0 aromatic carbocycles. The van der Waals surface area contributed by atoms with Crippen LogP contribution in [0.2, 0.25) is 0 Å². The van der Waals surface area contributed by atoms with Crippen LogP contribution in [0.15, 0.2) is 21.9 Å². The van der Waals surface area contributed by atoms with Gasteiger partial charge in [-0.15, -0.1) is 0 Å². The van der Waals surface area contributed by atoms with Gasteiger partial charge in [-0.25, -0.2) is 9.78 Å². The van der Waals surface area contributed by atoms with Crippen LogP contribution in [0.5, 0.6) is 0 Å². The van der Waals surface area contributed by atoms with Gasteiger partial charge in [0.05, 0.1) is 10.9 Å². The molecule has 0 unspecified atom stereocenters. The molecule has 0 atom stereocenters. The fourth-order valence-electron chi connectivity index (χ4n) is 3.63. The number of fused-ring (bicyclic) bond motifs is 1. The van der Waals surface area contributed by atoms with Crippen LogP contribution in [-0.2, 0) is 14.1 Å². The highest BCUT2D eigenvalue weighted by Gasteiger charge is 2.14. The summed E-state index contributed by atoms with van der Waals surface area (Å²) in [7, 11) is 2.96. The van der Waals surface area contributed by atoms with Crippen molar-refractivity contribution in [1.82, 2.24) is 24.8 Å². The standard InChI is InChI=1S/C19H27N5O3/c1-23-16-15(18(26)24(2)19(23)27)11-13(12-22-16)17(25)21-10-9-20-14-7-5-3-4-6-8-14/h11-12,14,20H,3-10H2,1-2H3,(H,21,25). The molecule has 0 radical (unpaired) electrons. The van der Waals surface area contributed by atoms with Crippen LogP contribution in [0.25, 0.3) is 11.0 Å². The van der Waals surface area contributed by atoms with Gasteiger partial charge in [0.25, 0.3) is 11.5 Å². The third-order valence-electron chi connectivity index (χ3n) is 5.25. The predicted octanol–water partition coefficient (Wildman–Crippen LogP) is 0.674. The van der Waals surface area contributed by atoms with Crippen molar-refractivity contribution in [3.63, 3.8) is 0 Å². The van der Waals surface area contributed by atoms with Gasteiger partial charge in [-0.05, 0) is 18.9 Å². The van der Waals surface area contributed by atoms with E-state index in [2.05, 4.69) is 15.6 Å². The van der Waals surface area contributed by atoms with Crippen LogP contribution in [-0.4, -0.2) is 39.2 Å². The quantitative estimate of drug-likeness (QED) is 0.593.